The lowest BCUT2D eigenvalue weighted by Gasteiger charge is -2.12. The molecule has 2 nitrogen and oxygen atoms in total. The minimum absolute atomic E-state index is 0.349. The van der Waals surface area contributed by atoms with Crippen LogP contribution in [0.25, 0.3) is 0 Å². The SMILES string of the molecule is C[C@@H](O)C[C@H](O)c1ccc(Cl)cc1. The van der Waals surface area contributed by atoms with Crippen LogP contribution in [0.2, 0.25) is 5.02 Å². The van der Waals surface area contributed by atoms with Gasteiger partial charge in [0.1, 0.15) is 0 Å². The van der Waals surface area contributed by atoms with Gasteiger partial charge in [0.05, 0.1) is 12.2 Å². The number of hydrogen-bond acceptors (Lipinski definition) is 2. The van der Waals surface area contributed by atoms with Crippen molar-refractivity contribution in [1.82, 2.24) is 0 Å². The van der Waals surface area contributed by atoms with Crippen molar-refractivity contribution in [2.75, 3.05) is 0 Å². The van der Waals surface area contributed by atoms with E-state index in [1.54, 1.807) is 31.2 Å². The fourth-order valence-corrected chi connectivity index (χ4v) is 1.27. The van der Waals surface area contributed by atoms with Crippen LogP contribution >= 0.6 is 11.6 Å². The highest BCUT2D eigenvalue weighted by Crippen LogP contribution is 2.20. The van der Waals surface area contributed by atoms with E-state index in [0.717, 1.165) is 5.56 Å². The minimum atomic E-state index is -0.614. The molecule has 0 bridgehead atoms. The first-order chi connectivity index (χ1) is 6.09. The van der Waals surface area contributed by atoms with Crippen molar-refractivity contribution < 1.29 is 10.2 Å². The Hall–Kier alpha value is -0.570. The van der Waals surface area contributed by atoms with Gasteiger partial charge in [-0.2, -0.15) is 0 Å². The van der Waals surface area contributed by atoms with Gasteiger partial charge in [0.25, 0.3) is 0 Å². The molecule has 0 spiro atoms. The smallest absolute Gasteiger partial charge is 0.0814 e. The van der Waals surface area contributed by atoms with Crippen LogP contribution in [-0.2, 0) is 0 Å². The van der Waals surface area contributed by atoms with Gasteiger partial charge < -0.3 is 10.2 Å². The van der Waals surface area contributed by atoms with Crippen LogP contribution < -0.4 is 0 Å². The van der Waals surface area contributed by atoms with E-state index in [-0.39, 0.29) is 0 Å². The highest BCUT2D eigenvalue weighted by Gasteiger charge is 2.09. The summed E-state index contributed by atoms with van der Waals surface area (Å²) in [5.41, 5.74) is 0.783. The third-order valence-corrected chi connectivity index (χ3v) is 2.07. The molecule has 2 N–H and O–H groups in total. The number of halogens is 1. The Balaban J connectivity index is 2.66. The van der Waals surface area contributed by atoms with Crippen molar-refractivity contribution in [2.45, 2.75) is 25.6 Å². The second-order valence-corrected chi connectivity index (χ2v) is 3.59. The minimum Gasteiger partial charge on any atom is -0.393 e. The summed E-state index contributed by atoms with van der Waals surface area (Å²) in [4.78, 5) is 0. The predicted octanol–water partition coefficient (Wildman–Crippen LogP) is 2.14. The van der Waals surface area contributed by atoms with Crippen molar-refractivity contribution in [3.63, 3.8) is 0 Å². The average Bonchev–Trinajstić information content (AvgIpc) is 2.04. The van der Waals surface area contributed by atoms with Crippen LogP contribution in [0.5, 0.6) is 0 Å². The van der Waals surface area contributed by atoms with Crippen LogP contribution in [0.1, 0.15) is 25.0 Å². The molecule has 0 aliphatic rings. The molecule has 1 rings (SSSR count). The highest BCUT2D eigenvalue weighted by molar-refractivity contribution is 6.30. The van der Waals surface area contributed by atoms with Crippen LogP contribution in [0.15, 0.2) is 24.3 Å². The molecule has 0 aliphatic carbocycles. The fraction of sp³-hybridized carbons (Fsp3) is 0.400. The summed E-state index contributed by atoms with van der Waals surface area (Å²) < 4.78 is 0. The average molecular weight is 201 g/mol. The Kier molecular flexibility index (Phi) is 3.72. The quantitative estimate of drug-likeness (QED) is 0.785. The zero-order valence-corrected chi connectivity index (χ0v) is 8.20. The third kappa shape index (κ3) is 3.35. The first kappa shape index (κ1) is 10.5. The molecule has 1 aromatic carbocycles. The summed E-state index contributed by atoms with van der Waals surface area (Å²) >= 11 is 5.69. The summed E-state index contributed by atoms with van der Waals surface area (Å²) in [7, 11) is 0. The zero-order valence-electron chi connectivity index (χ0n) is 7.44. The van der Waals surface area contributed by atoms with E-state index in [1.165, 1.54) is 0 Å². The summed E-state index contributed by atoms with van der Waals surface area (Å²) in [6, 6.07) is 6.97. The fourth-order valence-electron chi connectivity index (χ4n) is 1.14. The standard InChI is InChI=1S/C10H13ClO2/c1-7(12)6-10(13)8-2-4-9(11)5-3-8/h2-5,7,10,12-13H,6H2,1H3/t7-,10+/m1/s1. The van der Waals surface area contributed by atoms with Gasteiger partial charge >= 0.3 is 0 Å². The number of aliphatic hydroxyl groups excluding tert-OH is 2. The molecule has 0 aliphatic heterocycles. The molecule has 0 fully saturated rings. The monoisotopic (exact) mass is 200 g/mol. The summed E-state index contributed by atoms with van der Waals surface area (Å²) in [5, 5.41) is 19.3. The Morgan fingerprint density at radius 2 is 1.77 bits per heavy atom. The zero-order chi connectivity index (χ0) is 9.84. The maximum atomic E-state index is 9.58. The second kappa shape index (κ2) is 4.61. The summed E-state index contributed by atoms with van der Waals surface area (Å²) in [6.07, 6.45) is -0.760. The molecule has 3 heteroatoms. The molecule has 0 amide bonds. The van der Waals surface area contributed by atoms with Crippen LogP contribution in [-0.4, -0.2) is 16.3 Å². The van der Waals surface area contributed by atoms with Crippen molar-refractivity contribution in [3.8, 4) is 0 Å². The molecule has 0 saturated heterocycles. The van der Waals surface area contributed by atoms with E-state index in [2.05, 4.69) is 0 Å². The summed E-state index contributed by atoms with van der Waals surface area (Å²) in [5.74, 6) is 0. The molecule has 0 unspecified atom stereocenters. The number of hydrogen-bond donors (Lipinski definition) is 2. The first-order valence-corrected chi connectivity index (χ1v) is 4.59. The van der Waals surface area contributed by atoms with Gasteiger partial charge in [0, 0.05) is 11.4 Å². The Bertz CT molecular complexity index is 256. The number of aliphatic hydroxyl groups is 2. The number of benzene rings is 1. The maximum absolute atomic E-state index is 9.58. The van der Waals surface area contributed by atoms with Gasteiger partial charge in [-0.3, -0.25) is 0 Å². The van der Waals surface area contributed by atoms with Crippen molar-refractivity contribution in [1.29, 1.82) is 0 Å². The van der Waals surface area contributed by atoms with Gasteiger partial charge in [0.15, 0.2) is 0 Å². The first-order valence-electron chi connectivity index (χ1n) is 4.21. The molecule has 1 aromatic rings. The van der Waals surface area contributed by atoms with E-state index >= 15 is 0 Å². The van der Waals surface area contributed by atoms with Gasteiger partial charge in [-0.05, 0) is 24.6 Å². The molecule has 0 saturated carbocycles. The normalized spacial score (nSPS) is 15.4. The molecule has 0 aromatic heterocycles. The lowest BCUT2D eigenvalue weighted by molar-refractivity contribution is 0.0907. The van der Waals surface area contributed by atoms with E-state index in [1.807, 2.05) is 0 Å². The predicted molar refractivity (Wildman–Crippen MR) is 52.7 cm³/mol. The van der Waals surface area contributed by atoms with Gasteiger partial charge in [-0.25, -0.2) is 0 Å². The molecule has 0 radical (unpaired) electrons. The van der Waals surface area contributed by atoms with Crippen molar-refractivity contribution in [2.24, 2.45) is 0 Å². The van der Waals surface area contributed by atoms with E-state index < -0.39 is 12.2 Å². The molecular weight excluding hydrogens is 188 g/mol. The molecule has 72 valence electrons. The van der Waals surface area contributed by atoms with E-state index in [4.69, 9.17) is 16.7 Å². The van der Waals surface area contributed by atoms with Crippen molar-refractivity contribution in [3.05, 3.63) is 34.9 Å². The maximum Gasteiger partial charge on any atom is 0.0814 e. The molecule has 13 heavy (non-hydrogen) atoms. The largest absolute Gasteiger partial charge is 0.393 e. The molecule has 2 atom stereocenters. The topological polar surface area (TPSA) is 40.5 Å². The highest BCUT2D eigenvalue weighted by atomic mass is 35.5. The van der Waals surface area contributed by atoms with Crippen LogP contribution in [0, 0.1) is 0 Å². The van der Waals surface area contributed by atoms with Gasteiger partial charge in [0.2, 0.25) is 0 Å². The Labute approximate surface area is 82.8 Å². The van der Waals surface area contributed by atoms with Crippen LogP contribution in [0.4, 0.5) is 0 Å². The lowest BCUT2D eigenvalue weighted by atomic mass is 10.0. The second-order valence-electron chi connectivity index (χ2n) is 3.15. The number of rotatable bonds is 3. The summed E-state index contributed by atoms with van der Waals surface area (Å²) in [6.45, 7) is 1.65. The third-order valence-electron chi connectivity index (χ3n) is 1.82. The van der Waals surface area contributed by atoms with Gasteiger partial charge in [-0.15, -0.1) is 0 Å². The van der Waals surface area contributed by atoms with E-state index in [9.17, 15) is 5.11 Å². The van der Waals surface area contributed by atoms with Gasteiger partial charge in [-0.1, -0.05) is 23.7 Å². The van der Waals surface area contributed by atoms with E-state index in [0.29, 0.717) is 11.4 Å². The Morgan fingerprint density at radius 3 is 2.23 bits per heavy atom. The Morgan fingerprint density at radius 1 is 1.23 bits per heavy atom. The van der Waals surface area contributed by atoms with Crippen molar-refractivity contribution >= 4 is 11.6 Å². The lowest BCUT2D eigenvalue weighted by Crippen LogP contribution is -2.07. The van der Waals surface area contributed by atoms with Crippen LogP contribution in [0.3, 0.4) is 0 Å². The molecule has 0 heterocycles. The molecular formula is C10H13ClO2.